The number of imidazole rings is 1. The number of likely N-dealkylation sites (N-methyl/N-ethyl adjacent to an activating group) is 1. The van der Waals surface area contributed by atoms with E-state index in [1.54, 1.807) is 0 Å². The van der Waals surface area contributed by atoms with Crippen LogP contribution in [0.5, 0.6) is 0 Å². The van der Waals surface area contributed by atoms with Crippen LogP contribution in [-0.4, -0.2) is 83.0 Å². The van der Waals surface area contributed by atoms with Crippen LogP contribution in [-0.2, 0) is 11.3 Å². The summed E-state index contributed by atoms with van der Waals surface area (Å²) in [5, 5.41) is 0. The van der Waals surface area contributed by atoms with Crippen LogP contribution in [0.2, 0.25) is 0 Å². The number of amides is 1. The molecule has 140 valence electrons. The first-order chi connectivity index (χ1) is 12.1. The lowest BCUT2D eigenvalue weighted by atomic mass is 9.97. The van der Waals surface area contributed by atoms with E-state index in [-0.39, 0.29) is 5.91 Å². The lowest BCUT2D eigenvalue weighted by Crippen LogP contribution is -2.48. The molecule has 0 spiro atoms. The number of aryl methyl sites for hydroxylation is 1. The molecule has 25 heavy (non-hydrogen) atoms. The lowest BCUT2D eigenvalue weighted by Gasteiger charge is -2.37. The second kappa shape index (κ2) is 8.32. The molecule has 3 rings (SSSR count). The Morgan fingerprint density at radius 2 is 2.04 bits per heavy atom. The zero-order valence-electron chi connectivity index (χ0n) is 16.0. The highest BCUT2D eigenvalue weighted by Gasteiger charge is 2.29. The zero-order valence-corrected chi connectivity index (χ0v) is 16.0. The van der Waals surface area contributed by atoms with Gasteiger partial charge >= 0.3 is 0 Å². The molecule has 6 heteroatoms. The first kappa shape index (κ1) is 18.4. The fourth-order valence-corrected chi connectivity index (χ4v) is 4.24. The molecular weight excluding hydrogens is 314 g/mol. The van der Waals surface area contributed by atoms with Crippen molar-refractivity contribution in [3.63, 3.8) is 0 Å². The Balaban J connectivity index is 1.55. The van der Waals surface area contributed by atoms with Gasteiger partial charge in [-0.1, -0.05) is 0 Å². The van der Waals surface area contributed by atoms with Gasteiger partial charge in [-0.05, 0) is 59.8 Å². The maximum absolute atomic E-state index is 12.8. The number of hydrogen-bond donors (Lipinski definition) is 0. The first-order valence-electron chi connectivity index (χ1n) is 9.76. The molecule has 0 unspecified atom stereocenters. The van der Waals surface area contributed by atoms with Crippen molar-refractivity contribution in [1.29, 1.82) is 0 Å². The molecule has 1 amide bonds. The lowest BCUT2D eigenvalue weighted by molar-refractivity contribution is -0.134. The smallest absolute Gasteiger partial charge is 0.236 e. The molecule has 2 saturated heterocycles. The quantitative estimate of drug-likeness (QED) is 0.812. The van der Waals surface area contributed by atoms with Crippen LogP contribution in [0, 0.1) is 0 Å². The van der Waals surface area contributed by atoms with E-state index in [1.807, 2.05) is 12.4 Å². The van der Waals surface area contributed by atoms with Crippen LogP contribution in [0.3, 0.4) is 0 Å². The van der Waals surface area contributed by atoms with Gasteiger partial charge in [0.05, 0.1) is 6.54 Å². The minimum absolute atomic E-state index is 0.278. The number of rotatable bonds is 5. The van der Waals surface area contributed by atoms with E-state index in [1.165, 1.54) is 0 Å². The van der Waals surface area contributed by atoms with Gasteiger partial charge in [0.2, 0.25) is 5.91 Å². The largest absolute Gasteiger partial charge is 0.341 e. The number of carbonyl (C=O) groups excluding carboxylic acids is 1. The molecule has 0 saturated carbocycles. The van der Waals surface area contributed by atoms with Crippen LogP contribution in [0.1, 0.15) is 44.3 Å². The minimum atomic E-state index is 0.278. The third-order valence-corrected chi connectivity index (χ3v) is 5.92. The highest BCUT2D eigenvalue weighted by Crippen LogP contribution is 2.26. The van der Waals surface area contributed by atoms with Crippen LogP contribution in [0.4, 0.5) is 0 Å². The topological polar surface area (TPSA) is 44.6 Å². The molecule has 2 aliphatic heterocycles. The van der Waals surface area contributed by atoms with E-state index in [4.69, 9.17) is 0 Å². The van der Waals surface area contributed by atoms with Crippen molar-refractivity contribution in [3.8, 4) is 0 Å². The molecule has 0 aromatic carbocycles. The van der Waals surface area contributed by atoms with Gasteiger partial charge in [0.1, 0.15) is 5.82 Å². The molecule has 6 nitrogen and oxygen atoms in total. The van der Waals surface area contributed by atoms with Gasteiger partial charge in [-0.3, -0.25) is 9.69 Å². The second-order valence-corrected chi connectivity index (χ2v) is 7.70. The summed E-state index contributed by atoms with van der Waals surface area (Å²) in [7, 11) is 4.29. The molecule has 0 radical (unpaired) electrons. The van der Waals surface area contributed by atoms with Gasteiger partial charge in [0.25, 0.3) is 0 Å². The highest BCUT2D eigenvalue weighted by molar-refractivity contribution is 5.78. The molecular formula is C19H33N5O. The van der Waals surface area contributed by atoms with Gasteiger partial charge in [0.15, 0.2) is 0 Å². The van der Waals surface area contributed by atoms with Crippen molar-refractivity contribution >= 4 is 5.91 Å². The van der Waals surface area contributed by atoms with Crippen LogP contribution in [0.15, 0.2) is 12.4 Å². The number of carbonyl (C=O) groups is 1. The molecule has 2 aliphatic rings. The Morgan fingerprint density at radius 3 is 2.76 bits per heavy atom. The zero-order chi connectivity index (χ0) is 17.8. The molecule has 1 aromatic heterocycles. The molecule has 1 aromatic rings. The monoisotopic (exact) mass is 347 g/mol. The van der Waals surface area contributed by atoms with Gasteiger partial charge in [-0.25, -0.2) is 4.98 Å². The first-order valence-corrected chi connectivity index (χ1v) is 9.76. The fourth-order valence-electron chi connectivity index (χ4n) is 4.24. The molecule has 3 heterocycles. The highest BCUT2D eigenvalue weighted by atomic mass is 16.2. The predicted molar refractivity (Wildman–Crippen MR) is 99.6 cm³/mol. The minimum Gasteiger partial charge on any atom is -0.341 e. The number of nitrogens with zero attached hydrogens (tertiary/aromatic N) is 5. The number of piperidine rings is 2. The standard InChI is InChI=1S/C19H33N5O/c1-4-23-13-9-20-19(23)16-6-5-10-24(14-16)18(25)15-22(3)17-7-11-21(2)12-8-17/h9,13,16-17H,4-8,10-12,14-15H2,1-3H3/t16-/m0/s1. The van der Waals surface area contributed by atoms with E-state index in [2.05, 4.69) is 45.3 Å². The summed E-state index contributed by atoms with van der Waals surface area (Å²) in [5.41, 5.74) is 0. The third kappa shape index (κ3) is 4.42. The normalized spacial score (nSPS) is 23.4. The second-order valence-electron chi connectivity index (χ2n) is 7.70. The Morgan fingerprint density at radius 1 is 1.28 bits per heavy atom. The molecule has 0 bridgehead atoms. The van der Waals surface area contributed by atoms with E-state index in [0.29, 0.717) is 18.5 Å². The van der Waals surface area contributed by atoms with Gasteiger partial charge in [0, 0.05) is 44.0 Å². The summed E-state index contributed by atoms with van der Waals surface area (Å²) in [5.74, 6) is 1.80. The predicted octanol–water partition coefficient (Wildman–Crippen LogP) is 1.64. The van der Waals surface area contributed by atoms with Gasteiger partial charge in [-0.15, -0.1) is 0 Å². The molecule has 2 fully saturated rings. The van der Waals surface area contributed by atoms with Gasteiger partial charge in [-0.2, -0.15) is 0 Å². The number of hydrogen-bond acceptors (Lipinski definition) is 4. The average Bonchev–Trinajstić information content (AvgIpc) is 3.11. The van der Waals surface area contributed by atoms with Crippen molar-refractivity contribution in [1.82, 2.24) is 24.3 Å². The molecule has 1 atom stereocenters. The number of aromatic nitrogens is 2. The van der Waals surface area contributed by atoms with Gasteiger partial charge < -0.3 is 14.4 Å². The van der Waals surface area contributed by atoms with E-state index < -0.39 is 0 Å². The summed E-state index contributed by atoms with van der Waals surface area (Å²) in [4.78, 5) is 24.1. The fraction of sp³-hybridized carbons (Fsp3) is 0.789. The van der Waals surface area contributed by atoms with Crippen molar-refractivity contribution < 1.29 is 4.79 Å². The van der Waals surface area contributed by atoms with E-state index in [0.717, 1.165) is 64.2 Å². The SMILES string of the molecule is CCn1ccnc1[C@H]1CCCN(C(=O)CN(C)C2CCN(C)CC2)C1. The summed E-state index contributed by atoms with van der Waals surface area (Å²) < 4.78 is 2.21. The third-order valence-electron chi connectivity index (χ3n) is 5.92. The van der Waals surface area contributed by atoms with Crippen LogP contribution >= 0.6 is 0 Å². The summed E-state index contributed by atoms with van der Waals surface area (Å²) >= 11 is 0. The molecule has 0 N–H and O–H groups in total. The maximum atomic E-state index is 12.8. The van der Waals surface area contributed by atoms with Crippen LogP contribution in [0.25, 0.3) is 0 Å². The summed E-state index contributed by atoms with van der Waals surface area (Å²) in [6.45, 7) is 7.61. The van der Waals surface area contributed by atoms with E-state index in [9.17, 15) is 4.79 Å². The van der Waals surface area contributed by atoms with Crippen molar-refractivity contribution in [2.45, 2.75) is 51.1 Å². The van der Waals surface area contributed by atoms with Crippen molar-refractivity contribution in [2.24, 2.45) is 0 Å². The average molecular weight is 348 g/mol. The Labute approximate surface area is 151 Å². The summed E-state index contributed by atoms with van der Waals surface area (Å²) in [6.07, 6.45) is 8.46. The molecule has 0 aliphatic carbocycles. The van der Waals surface area contributed by atoms with E-state index >= 15 is 0 Å². The Kier molecular flexibility index (Phi) is 6.12. The van der Waals surface area contributed by atoms with Crippen molar-refractivity contribution in [3.05, 3.63) is 18.2 Å². The summed E-state index contributed by atoms with van der Waals surface area (Å²) in [6, 6.07) is 0.541. The number of likely N-dealkylation sites (tertiary alicyclic amines) is 2. The Bertz CT molecular complexity index is 564. The maximum Gasteiger partial charge on any atom is 0.236 e. The van der Waals surface area contributed by atoms with Crippen molar-refractivity contribution in [2.75, 3.05) is 46.8 Å². The Hall–Kier alpha value is -1.40. The van der Waals surface area contributed by atoms with Crippen LogP contribution < -0.4 is 0 Å².